The summed E-state index contributed by atoms with van der Waals surface area (Å²) in [5, 5.41) is 3.07. The van der Waals surface area contributed by atoms with Crippen molar-refractivity contribution in [3.8, 4) is 22.8 Å². The van der Waals surface area contributed by atoms with Crippen molar-refractivity contribution >= 4 is 21.4 Å². The number of ether oxygens (including phenoxy) is 2. The molecule has 0 bridgehead atoms. The Morgan fingerprint density at radius 2 is 1.69 bits per heavy atom. The highest BCUT2D eigenvalue weighted by Gasteiger charge is 2.09. The highest BCUT2D eigenvalue weighted by Crippen LogP contribution is 2.30. The Morgan fingerprint density at radius 3 is 2.34 bits per heavy atom. The van der Waals surface area contributed by atoms with Crippen LogP contribution in [-0.2, 0) is 22.9 Å². The number of sulfonamides is 1. The molecule has 3 aromatic rings. The van der Waals surface area contributed by atoms with Crippen LogP contribution in [0.4, 0.5) is 0 Å². The van der Waals surface area contributed by atoms with Crippen LogP contribution in [0, 0.1) is 0 Å². The first-order valence-electron chi connectivity index (χ1n) is 9.07. The van der Waals surface area contributed by atoms with Gasteiger partial charge in [0.15, 0.2) is 11.5 Å². The van der Waals surface area contributed by atoms with Gasteiger partial charge in [0.05, 0.1) is 31.2 Å². The van der Waals surface area contributed by atoms with E-state index in [-0.39, 0.29) is 0 Å². The molecular formula is C21H24N2O4S2. The van der Waals surface area contributed by atoms with Gasteiger partial charge in [0.2, 0.25) is 10.0 Å². The van der Waals surface area contributed by atoms with E-state index in [1.54, 1.807) is 25.6 Å². The Kier molecular flexibility index (Phi) is 6.89. The molecule has 3 rings (SSSR count). The topological polar surface area (TPSA) is 77.5 Å². The molecule has 0 saturated carbocycles. The van der Waals surface area contributed by atoms with Gasteiger partial charge < -0.3 is 9.47 Å². The van der Waals surface area contributed by atoms with Crippen LogP contribution in [0.3, 0.4) is 0 Å². The van der Waals surface area contributed by atoms with Crippen molar-refractivity contribution in [3.63, 3.8) is 0 Å². The summed E-state index contributed by atoms with van der Waals surface area (Å²) in [5.74, 6) is 1.42. The smallest absolute Gasteiger partial charge is 0.208 e. The van der Waals surface area contributed by atoms with E-state index in [1.165, 1.54) is 0 Å². The minimum absolute atomic E-state index is 0.393. The summed E-state index contributed by atoms with van der Waals surface area (Å²) in [6.45, 7) is 0.393. The van der Waals surface area contributed by atoms with Crippen molar-refractivity contribution < 1.29 is 17.9 Å². The SMILES string of the molecule is COc1ccc(Cc2nc(-c3ccc(CCNS(C)(=O)=O)cc3)cs2)cc1OC. The van der Waals surface area contributed by atoms with E-state index >= 15 is 0 Å². The van der Waals surface area contributed by atoms with Crippen molar-refractivity contribution in [2.75, 3.05) is 27.0 Å². The second-order valence-corrected chi connectivity index (χ2v) is 9.38. The number of nitrogens with one attached hydrogen (secondary N) is 1. The number of benzene rings is 2. The summed E-state index contributed by atoms with van der Waals surface area (Å²) < 4.78 is 35.4. The van der Waals surface area contributed by atoms with Crippen molar-refractivity contribution in [1.29, 1.82) is 0 Å². The van der Waals surface area contributed by atoms with E-state index in [2.05, 4.69) is 10.1 Å². The maximum absolute atomic E-state index is 11.1. The summed E-state index contributed by atoms with van der Waals surface area (Å²) in [6, 6.07) is 13.9. The van der Waals surface area contributed by atoms with Crippen LogP contribution >= 0.6 is 11.3 Å². The molecule has 154 valence electrons. The molecule has 0 aliphatic rings. The molecule has 0 fully saturated rings. The van der Waals surface area contributed by atoms with Gasteiger partial charge in [-0.25, -0.2) is 18.1 Å². The van der Waals surface area contributed by atoms with Gasteiger partial charge in [0, 0.05) is 23.9 Å². The number of hydrogen-bond donors (Lipinski definition) is 1. The first-order chi connectivity index (χ1) is 13.9. The molecule has 0 unspecified atom stereocenters. The fraction of sp³-hybridized carbons (Fsp3) is 0.286. The minimum Gasteiger partial charge on any atom is -0.493 e. The molecule has 0 spiro atoms. The van der Waals surface area contributed by atoms with Crippen LogP contribution in [0.15, 0.2) is 47.8 Å². The molecule has 1 N–H and O–H groups in total. The lowest BCUT2D eigenvalue weighted by molar-refractivity contribution is 0.354. The van der Waals surface area contributed by atoms with Gasteiger partial charge in [-0.3, -0.25) is 0 Å². The Hall–Kier alpha value is -2.42. The number of nitrogens with zero attached hydrogens (tertiary/aromatic N) is 1. The van der Waals surface area contributed by atoms with Gasteiger partial charge in [0.25, 0.3) is 0 Å². The van der Waals surface area contributed by atoms with E-state index in [0.717, 1.165) is 40.1 Å². The van der Waals surface area contributed by atoms with Crippen LogP contribution in [0.2, 0.25) is 0 Å². The van der Waals surface area contributed by atoms with Gasteiger partial charge in [0.1, 0.15) is 0 Å². The lowest BCUT2D eigenvalue weighted by Crippen LogP contribution is -2.24. The van der Waals surface area contributed by atoms with Gasteiger partial charge in [-0.2, -0.15) is 0 Å². The summed E-state index contributed by atoms with van der Waals surface area (Å²) in [5.41, 5.74) is 4.16. The Morgan fingerprint density at radius 1 is 1.00 bits per heavy atom. The van der Waals surface area contributed by atoms with E-state index in [0.29, 0.717) is 24.5 Å². The first kappa shape index (κ1) is 21.3. The van der Waals surface area contributed by atoms with Crippen molar-refractivity contribution in [3.05, 3.63) is 64.0 Å². The van der Waals surface area contributed by atoms with Crippen LogP contribution in [-0.4, -0.2) is 40.4 Å². The Bertz CT molecular complexity index is 1060. The molecule has 1 aromatic heterocycles. The maximum Gasteiger partial charge on any atom is 0.208 e. The highest BCUT2D eigenvalue weighted by molar-refractivity contribution is 7.88. The lowest BCUT2D eigenvalue weighted by Gasteiger charge is -2.08. The van der Waals surface area contributed by atoms with Crippen molar-refractivity contribution in [2.45, 2.75) is 12.8 Å². The van der Waals surface area contributed by atoms with E-state index in [9.17, 15) is 8.42 Å². The third-order valence-electron chi connectivity index (χ3n) is 4.38. The third-order valence-corrected chi connectivity index (χ3v) is 5.96. The molecule has 8 heteroatoms. The van der Waals surface area contributed by atoms with Gasteiger partial charge in [-0.15, -0.1) is 11.3 Å². The van der Waals surface area contributed by atoms with Crippen LogP contribution in [0.5, 0.6) is 11.5 Å². The number of thiazole rings is 1. The zero-order valence-corrected chi connectivity index (χ0v) is 18.3. The number of rotatable bonds is 9. The molecular weight excluding hydrogens is 408 g/mol. The molecule has 1 heterocycles. The van der Waals surface area contributed by atoms with Gasteiger partial charge in [-0.05, 0) is 29.7 Å². The third kappa shape index (κ3) is 6.03. The van der Waals surface area contributed by atoms with Crippen molar-refractivity contribution in [2.24, 2.45) is 0 Å². The summed E-state index contributed by atoms with van der Waals surface area (Å²) in [6.07, 6.45) is 2.53. The van der Waals surface area contributed by atoms with Gasteiger partial charge >= 0.3 is 0 Å². The molecule has 0 atom stereocenters. The van der Waals surface area contributed by atoms with E-state index in [1.807, 2.05) is 42.5 Å². The van der Waals surface area contributed by atoms with Crippen LogP contribution in [0.1, 0.15) is 16.1 Å². The minimum atomic E-state index is -3.15. The summed E-state index contributed by atoms with van der Waals surface area (Å²) in [7, 11) is 0.102. The normalized spacial score (nSPS) is 11.4. The fourth-order valence-electron chi connectivity index (χ4n) is 2.91. The molecule has 0 saturated heterocycles. The first-order valence-corrected chi connectivity index (χ1v) is 11.8. The molecule has 0 amide bonds. The van der Waals surface area contributed by atoms with Crippen LogP contribution < -0.4 is 14.2 Å². The average Bonchev–Trinajstić information content (AvgIpc) is 3.16. The second kappa shape index (κ2) is 9.39. The maximum atomic E-state index is 11.1. The predicted octanol–water partition coefficient (Wildman–Crippen LogP) is 3.51. The predicted molar refractivity (Wildman–Crippen MR) is 116 cm³/mol. The van der Waals surface area contributed by atoms with Crippen molar-refractivity contribution in [1.82, 2.24) is 9.71 Å². The van der Waals surface area contributed by atoms with Gasteiger partial charge in [-0.1, -0.05) is 30.3 Å². The number of aromatic nitrogens is 1. The standard InChI is InChI=1S/C21H24N2O4S2/c1-26-19-9-6-16(12-20(19)27-2)13-21-23-18(14-28-21)17-7-4-15(5-8-17)10-11-22-29(3,24)25/h4-9,12,14,22H,10-11,13H2,1-3H3. The van der Waals surface area contributed by atoms with Crippen LogP contribution in [0.25, 0.3) is 11.3 Å². The zero-order valence-electron chi connectivity index (χ0n) is 16.6. The number of hydrogen-bond acceptors (Lipinski definition) is 6. The Balaban J connectivity index is 1.65. The largest absolute Gasteiger partial charge is 0.493 e. The molecule has 0 aliphatic heterocycles. The summed E-state index contributed by atoms with van der Waals surface area (Å²) in [4.78, 5) is 4.75. The summed E-state index contributed by atoms with van der Waals surface area (Å²) >= 11 is 1.62. The zero-order chi connectivity index (χ0) is 20.9. The fourth-order valence-corrected chi connectivity index (χ4v) is 4.22. The second-order valence-electron chi connectivity index (χ2n) is 6.61. The Labute approximate surface area is 175 Å². The average molecular weight is 433 g/mol. The lowest BCUT2D eigenvalue weighted by atomic mass is 10.1. The monoisotopic (exact) mass is 432 g/mol. The molecule has 0 aliphatic carbocycles. The molecule has 6 nitrogen and oxygen atoms in total. The molecule has 2 aromatic carbocycles. The number of methoxy groups -OCH3 is 2. The quantitative estimate of drug-likeness (QED) is 0.560. The molecule has 29 heavy (non-hydrogen) atoms. The molecule has 0 radical (unpaired) electrons. The highest BCUT2D eigenvalue weighted by atomic mass is 32.2. The van der Waals surface area contributed by atoms with E-state index < -0.39 is 10.0 Å². The van der Waals surface area contributed by atoms with E-state index in [4.69, 9.17) is 14.5 Å².